The van der Waals surface area contributed by atoms with E-state index in [-0.39, 0.29) is 0 Å². The first-order valence-corrected chi connectivity index (χ1v) is 6.91. The Hall–Kier alpha value is -0.820. The summed E-state index contributed by atoms with van der Waals surface area (Å²) in [6.07, 6.45) is 4.25. The molecule has 1 aromatic rings. The zero-order chi connectivity index (χ0) is 12.4. The molecule has 2 atom stereocenters. The Balaban J connectivity index is 2.00. The van der Waals surface area contributed by atoms with Crippen LogP contribution in [0.4, 0.5) is 0 Å². The highest BCUT2D eigenvalue weighted by Gasteiger charge is 2.25. The van der Waals surface area contributed by atoms with Crippen LogP contribution in [0.1, 0.15) is 55.8 Å². The monoisotopic (exact) mass is 231 g/mol. The third kappa shape index (κ3) is 2.90. The molecular formula is C16H25N. The van der Waals surface area contributed by atoms with Crippen molar-refractivity contribution in [1.82, 2.24) is 5.32 Å². The van der Waals surface area contributed by atoms with Gasteiger partial charge in [-0.1, -0.05) is 30.2 Å². The van der Waals surface area contributed by atoms with Crippen molar-refractivity contribution in [3.63, 3.8) is 0 Å². The van der Waals surface area contributed by atoms with Gasteiger partial charge in [-0.2, -0.15) is 0 Å². The summed E-state index contributed by atoms with van der Waals surface area (Å²) >= 11 is 0. The Morgan fingerprint density at radius 1 is 1.18 bits per heavy atom. The van der Waals surface area contributed by atoms with Crippen LogP contribution in [0.5, 0.6) is 0 Å². The molecule has 0 aromatic heterocycles. The first kappa shape index (κ1) is 12.6. The van der Waals surface area contributed by atoms with Crippen LogP contribution in [0.25, 0.3) is 0 Å². The molecule has 0 spiro atoms. The average molecular weight is 231 g/mol. The molecule has 2 rings (SSSR count). The molecule has 0 radical (unpaired) electrons. The summed E-state index contributed by atoms with van der Waals surface area (Å²) in [4.78, 5) is 0. The molecule has 0 bridgehead atoms. The fourth-order valence-electron chi connectivity index (χ4n) is 2.87. The first-order chi connectivity index (χ1) is 8.08. The predicted molar refractivity (Wildman–Crippen MR) is 74.3 cm³/mol. The highest BCUT2D eigenvalue weighted by Crippen LogP contribution is 2.30. The number of aryl methyl sites for hydroxylation is 2. The Morgan fingerprint density at radius 3 is 2.41 bits per heavy atom. The quantitative estimate of drug-likeness (QED) is 0.821. The number of nitrogens with one attached hydrogen (secondary N) is 1. The third-order valence-electron chi connectivity index (χ3n) is 4.26. The van der Waals surface area contributed by atoms with E-state index in [0.29, 0.717) is 12.1 Å². The third-order valence-corrected chi connectivity index (χ3v) is 4.26. The van der Waals surface area contributed by atoms with Gasteiger partial charge in [-0.3, -0.25) is 0 Å². The van der Waals surface area contributed by atoms with Crippen molar-refractivity contribution in [1.29, 1.82) is 0 Å². The van der Waals surface area contributed by atoms with Gasteiger partial charge in [-0.15, -0.1) is 0 Å². The molecule has 1 fully saturated rings. The second-order valence-corrected chi connectivity index (χ2v) is 5.73. The normalized spacial score (nSPS) is 19.8. The summed E-state index contributed by atoms with van der Waals surface area (Å²) in [6, 6.07) is 7.89. The predicted octanol–water partition coefficient (Wildman–Crippen LogP) is 4.14. The van der Waals surface area contributed by atoms with Gasteiger partial charge >= 0.3 is 0 Å². The first-order valence-electron chi connectivity index (χ1n) is 6.91. The van der Waals surface area contributed by atoms with Gasteiger partial charge in [0.1, 0.15) is 0 Å². The van der Waals surface area contributed by atoms with Gasteiger partial charge in [0.05, 0.1) is 0 Å². The van der Waals surface area contributed by atoms with Crippen LogP contribution in [0.15, 0.2) is 18.2 Å². The van der Waals surface area contributed by atoms with Crippen molar-refractivity contribution in [2.75, 3.05) is 0 Å². The summed E-state index contributed by atoms with van der Waals surface area (Å²) in [5, 5.41) is 3.76. The summed E-state index contributed by atoms with van der Waals surface area (Å²) < 4.78 is 0. The number of hydrogen-bond donors (Lipinski definition) is 1. The zero-order valence-electron chi connectivity index (χ0n) is 11.6. The van der Waals surface area contributed by atoms with Gasteiger partial charge in [0.15, 0.2) is 0 Å². The topological polar surface area (TPSA) is 12.0 Å². The van der Waals surface area contributed by atoms with Crippen molar-refractivity contribution in [2.24, 2.45) is 5.92 Å². The van der Waals surface area contributed by atoms with Crippen LogP contribution in [0.2, 0.25) is 0 Å². The molecule has 0 heterocycles. The Labute approximate surface area is 106 Å². The summed E-state index contributed by atoms with van der Waals surface area (Å²) in [5.41, 5.74) is 4.21. The van der Waals surface area contributed by atoms with Crippen LogP contribution in [-0.2, 0) is 0 Å². The van der Waals surface area contributed by atoms with Gasteiger partial charge in [-0.25, -0.2) is 0 Å². The molecule has 0 amide bonds. The summed E-state index contributed by atoms with van der Waals surface area (Å²) in [7, 11) is 0. The molecule has 1 nitrogen and oxygen atoms in total. The van der Waals surface area contributed by atoms with Gasteiger partial charge in [-0.05, 0) is 57.6 Å². The lowest BCUT2D eigenvalue weighted by Crippen LogP contribution is -2.38. The molecule has 1 heteroatoms. The minimum Gasteiger partial charge on any atom is -0.307 e. The largest absolute Gasteiger partial charge is 0.307 e. The molecule has 0 aliphatic heterocycles. The van der Waals surface area contributed by atoms with E-state index in [9.17, 15) is 0 Å². The number of rotatable bonds is 4. The van der Waals surface area contributed by atoms with Crippen LogP contribution < -0.4 is 5.32 Å². The van der Waals surface area contributed by atoms with Gasteiger partial charge in [0, 0.05) is 12.1 Å². The lowest BCUT2D eigenvalue weighted by Gasteiger charge is -2.34. The molecule has 1 N–H and O–H groups in total. The average Bonchev–Trinajstić information content (AvgIpc) is 2.13. The molecule has 0 saturated heterocycles. The van der Waals surface area contributed by atoms with Gasteiger partial charge in [0.25, 0.3) is 0 Å². The van der Waals surface area contributed by atoms with Crippen molar-refractivity contribution in [3.05, 3.63) is 34.9 Å². The van der Waals surface area contributed by atoms with E-state index < -0.39 is 0 Å². The number of benzene rings is 1. The molecule has 1 aromatic carbocycles. The van der Waals surface area contributed by atoms with Crippen LogP contribution >= 0.6 is 0 Å². The van der Waals surface area contributed by atoms with E-state index in [0.717, 1.165) is 5.92 Å². The Morgan fingerprint density at radius 2 is 1.88 bits per heavy atom. The molecule has 17 heavy (non-hydrogen) atoms. The van der Waals surface area contributed by atoms with Crippen molar-refractivity contribution in [3.8, 4) is 0 Å². The maximum absolute atomic E-state index is 3.76. The van der Waals surface area contributed by atoms with E-state index in [1.807, 2.05) is 0 Å². The molecule has 1 aliphatic rings. The van der Waals surface area contributed by atoms with Crippen molar-refractivity contribution >= 4 is 0 Å². The second kappa shape index (κ2) is 5.22. The maximum Gasteiger partial charge on any atom is 0.0296 e. The van der Waals surface area contributed by atoms with Crippen molar-refractivity contribution < 1.29 is 0 Å². The molecular weight excluding hydrogens is 206 g/mol. The minimum absolute atomic E-state index is 0.464. The molecule has 1 aliphatic carbocycles. The fraction of sp³-hybridized carbons (Fsp3) is 0.625. The summed E-state index contributed by atoms with van der Waals surface area (Å²) in [5.74, 6) is 0.906. The van der Waals surface area contributed by atoms with E-state index in [1.54, 1.807) is 0 Å². The number of hydrogen-bond acceptors (Lipinski definition) is 1. The fourth-order valence-corrected chi connectivity index (χ4v) is 2.87. The lowest BCUT2D eigenvalue weighted by molar-refractivity contribution is 0.229. The highest BCUT2D eigenvalue weighted by atomic mass is 14.9. The van der Waals surface area contributed by atoms with E-state index >= 15 is 0 Å². The van der Waals surface area contributed by atoms with Gasteiger partial charge < -0.3 is 5.32 Å². The van der Waals surface area contributed by atoms with E-state index in [2.05, 4.69) is 51.2 Å². The smallest absolute Gasteiger partial charge is 0.0296 e. The molecule has 1 saturated carbocycles. The maximum atomic E-state index is 3.76. The zero-order valence-corrected chi connectivity index (χ0v) is 11.6. The minimum atomic E-state index is 0.464. The second-order valence-electron chi connectivity index (χ2n) is 5.73. The standard InChI is InChI=1S/C16H25N/c1-11-8-9-16(12(2)10-11)14(4)17-13(3)15-6-5-7-15/h8-10,13-15,17H,5-7H2,1-4H3. The van der Waals surface area contributed by atoms with Crippen LogP contribution in [0.3, 0.4) is 0 Å². The molecule has 94 valence electrons. The van der Waals surface area contributed by atoms with E-state index in [1.165, 1.54) is 36.0 Å². The van der Waals surface area contributed by atoms with Gasteiger partial charge in [0.2, 0.25) is 0 Å². The Bertz CT molecular complexity index is 379. The molecule has 2 unspecified atom stereocenters. The van der Waals surface area contributed by atoms with Crippen LogP contribution in [0, 0.1) is 19.8 Å². The summed E-state index contributed by atoms with van der Waals surface area (Å²) in [6.45, 7) is 9.00. The van der Waals surface area contributed by atoms with E-state index in [4.69, 9.17) is 0 Å². The highest BCUT2D eigenvalue weighted by molar-refractivity contribution is 5.32. The van der Waals surface area contributed by atoms with Crippen LogP contribution in [-0.4, -0.2) is 6.04 Å². The SMILES string of the molecule is Cc1ccc(C(C)NC(C)C2CCC2)c(C)c1. The van der Waals surface area contributed by atoms with Crippen molar-refractivity contribution in [2.45, 2.75) is 59.0 Å². The Kier molecular flexibility index (Phi) is 3.88. The lowest BCUT2D eigenvalue weighted by atomic mass is 9.80.